The number of hydrogen-bond donors (Lipinski definition) is 2. The number of carbonyl (C=O) groups excluding carboxylic acids is 2. The van der Waals surface area contributed by atoms with Crippen molar-refractivity contribution >= 4 is 34.0 Å². The highest BCUT2D eigenvalue weighted by Gasteiger charge is 2.18. The molecule has 0 aliphatic carbocycles. The molecule has 9 heteroatoms. The molecule has 0 unspecified atom stereocenters. The van der Waals surface area contributed by atoms with Gasteiger partial charge in [0.2, 0.25) is 5.91 Å². The maximum atomic E-state index is 13.1. The first-order valence-electron chi connectivity index (χ1n) is 11.4. The molecule has 1 saturated heterocycles. The Morgan fingerprint density at radius 1 is 0.971 bits per heavy atom. The van der Waals surface area contributed by atoms with Gasteiger partial charge in [-0.05, 0) is 36.2 Å². The smallest absolute Gasteiger partial charge is 0.276 e. The first kappa shape index (κ1) is 23.6. The van der Waals surface area contributed by atoms with Gasteiger partial charge in [-0.1, -0.05) is 32.0 Å². The lowest BCUT2D eigenvalue weighted by Gasteiger charge is -2.25. The van der Waals surface area contributed by atoms with Crippen LogP contribution in [0.5, 0.6) is 0 Å². The predicted octanol–water partition coefficient (Wildman–Crippen LogP) is 2.58. The number of amides is 2. The Balaban J connectivity index is 1.47. The molecule has 0 atom stereocenters. The summed E-state index contributed by atoms with van der Waals surface area (Å²) in [6.45, 7) is 7.48. The molecule has 1 aliphatic heterocycles. The summed E-state index contributed by atoms with van der Waals surface area (Å²) >= 11 is 0. The molecule has 0 bridgehead atoms. The van der Waals surface area contributed by atoms with Crippen molar-refractivity contribution in [3.05, 3.63) is 64.6 Å². The number of nitrogens with zero attached hydrogens (tertiary/aromatic N) is 3. The molecule has 178 valence electrons. The molecule has 1 fully saturated rings. The molecule has 0 saturated carbocycles. The first-order chi connectivity index (χ1) is 16.4. The quantitative estimate of drug-likeness (QED) is 0.558. The minimum Gasteiger partial charge on any atom is -0.379 e. The van der Waals surface area contributed by atoms with E-state index in [1.807, 2.05) is 18.7 Å². The zero-order valence-corrected chi connectivity index (χ0v) is 19.4. The van der Waals surface area contributed by atoms with E-state index in [0.29, 0.717) is 48.5 Å². The van der Waals surface area contributed by atoms with Crippen LogP contribution in [0.3, 0.4) is 0 Å². The normalized spacial score (nSPS) is 14.3. The van der Waals surface area contributed by atoms with Crippen LogP contribution in [0.25, 0.3) is 10.8 Å². The van der Waals surface area contributed by atoms with E-state index in [4.69, 9.17) is 4.74 Å². The van der Waals surface area contributed by atoms with Gasteiger partial charge in [0.25, 0.3) is 11.5 Å². The summed E-state index contributed by atoms with van der Waals surface area (Å²) in [6, 6.07) is 13.9. The van der Waals surface area contributed by atoms with Crippen molar-refractivity contribution in [2.75, 3.05) is 43.5 Å². The van der Waals surface area contributed by atoms with Gasteiger partial charge >= 0.3 is 0 Å². The van der Waals surface area contributed by atoms with Gasteiger partial charge in [-0.2, -0.15) is 5.10 Å². The van der Waals surface area contributed by atoms with Gasteiger partial charge in [0.05, 0.1) is 25.1 Å². The van der Waals surface area contributed by atoms with Gasteiger partial charge in [0, 0.05) is 36.4 Å². The van der Waals surface area contributed by atoms with Crippen LogP contribution >= 0.6 is 0 Å². The Bertz CT molecular complexity index is 1230. The molecular formula is C25H29N5O4. The van der Waals surface area contributed by atoms with Crippen LogP contribution in [0.4, 0.5) is 11.4 Å². The van der Waals surface area contributed by atoms with Crippen molar-refractivity contribution in [3.8, 4) is 0 Å². The lowest BCUT2D eigenvalue weighted by Crippen LogP contribution is -2.41. The summed E-state index contributed by atoms with van der Waals surface area (Å²) in [5.74, 6) is -0.298. The van der Waals surface area contributed by atoms with Crippen molar-refractivity contribution in [2.24, 2.45) is 5.92 Å². The van der Waals surface area contributed by atoms with Gasteiger partial charge in [-0.15, -0.1) is 0 Å². The number of nitrogens with one attached hydrogen (secondary N) is 2. The minimum absolute atomic E-state index is 0.0956. The fourth-order valence-electron chi connectivity index (χ4n) is 3.86. The lowest BCUT2D eigenvalue weighted by atomic mass is 10.1. The topological polar surface area (TPSA) is 106 Å². The number of benzene rings is 2. The van der Waals surface area contributed by atoms with Crippen molar-refractivity contribution in [1.82, 2.24) is 14.7 Å². The largest absolute Gasteiger partial charge is 0.379 e. The summed E-state index contributed by atoms with van der Waals surface area (Å²) in [5.41, 5.74) is 1.19. The second-order valence-corrected chi connectivity index (χ2v) is 8.74. The van der Waals surface area contributed by atoms with Gasteiger partial charge in [0.1, 0.15) is 0 Å². The molecule has 0 spiro atoms. The zero-order chi connectivity index (χ0) is 24.1. The van der Waals surface area contributed by atoms with Crippen molar-refractivity contribution in [3.63, 3.8) is 0 Å². The number of aromatic nitrogens is 2. The van der Waals surface area contributed by atoms with Crippen LogP contribution in [-0.2, 0) is 16.1 Å². The fraction of sp³-hybridized carbons (Fsp3) is 0.360. The number of ether oxygens (including phenoxy) is 1. The monoisotopic (exact) mass is 463 g/mol. The molecular weight excluding hydrogens is 434 g/mol. The van der Waals surface area contributed by atoms with Gasteiger partial charge in [0.15, 0.2) is 5.69 Å². The average molecular weight is 464 g/mol. The van der Waals surface area contributed by atoms with E-state index in [2.05, 4.69) is 15.7 Å². The molecule has 2 heterocycles. The second-order valence-electron chi connectivity index (χ2n) is 8.74. The van der Waals surface area contributed by atoms with Crippen molar-refractivity contribution in [2.45, 2.75) is 20.4 Å². The third kappa shape index (κ3) is 5.67. The highest BCUT2D eigenvalue weighted by Crippen LogP contribution is 2.18. The Morgan fingerprint density at radius 2 is 1.59 bits per heavy atom. The van der Waals surface area contributed by atoms with Crippen molar-refractivity contribution in [1.29, 1.82) is 0 Å². The fourth-order valence-corrected chi connectivity index (χ4v) is 3.86. The van der Waals surface area contributed by atoms with Gasteiger partial charge in [-0.25, -0.2) is 4.68 Å². The summed E-state index contributed by atoms with van der Waals surface area (Å²) in [4.78, 5) is 40.2. The van der Waals surface area contributed by atoms with Crippen LogP contribution in [0.2, 0.25) is 0 Å². The maximum Gasteiger partial charge on any atom is 0.276 e. The first-order valence-corrected chi connectivity index (χ1v) is 11.4. The highest BCUT2D eigenvalue weighted by molar-refractivity contribution is 6.11. The Morgan fingerprint density at radius 3 is 2.24 bits per heavy atom. The number of morpholine rings is 1. The molecule has 0 radical (unpaired) electrons. The number of anilines is 2. The second kappa shape index (κ2) is 10.6. The molecule has 2 N–H and O–H groups in total. The number of hydrogen-bond acceptors (Lipinski definition) is 6. The lowest BCUT2D eigenvalue weighted by molar-refractivity contribution is -0.118. The van der Waals surface area contributed by atoms with Crippen LogP contribution in [0.1, 0.15) is 24.3 Å². The van der Waals surface area contributed by atoms with E-state index in [0.717, 1.165) is 13.1 Å². The number of carbonyl (C=O) groups is 2. The summed E-state index contributed by atoms with van der Waals surface area (Å²) in [5, 5.41) is 11.1. The molecule has 9 nitrogen and oxygen atoms in total. The number of fused-ring (bicyclic) bond motifs is 1. The molecule has 2 aromatic carbocycles. The van der Waals surface area contributed by atoms with E-state index in [1.54, 1.807) is 48.5 Å². The van der Waals surface area contributed by atoms with E-state index >= 15 is 0 Å². The van der Waals surface area contributed by atoms with Crippen molar-refractivity contribution < 1.29 is 14.3 Å². The minimum atomic E-state index is -0.405. The number of rotatable bonds is 7. The molecule has 1 aliphatic rings. The van der Waals surface area contributed by atoms with Crippen LogP contribution in [-0.4, -0.2) is 59.3 Å². The molecule has 1 aromatic heterocycles. The van der Waals surface area contributed by atoms with E-state index in [-0.39, 0.29) is 23.1 Å². The molecule has 4 rings (SSSR count). The maximum absolute atomic E-state index is 13.1. The Kier molecular flexibility index (Phi) is 7.34. The summed E-state index contributed by atoms with van der Waals surface area (Å²) in [6.07, 6.45) is 0. The average Bonchev–Trinajstić information content (AvgIpc) is 2.82. The van der Waals surface area contributed by atoms with E-state index < -0.39 is 5.91 Å². The van der Waals surface area contributed by atoms with Crippen LogP contribution in [0, 0.1) is 5.92 Å². The van der Waals surface area contributed by atoms with Crippen LogP contribution in [0.15, 0.2) is 53.3 Å². The molecule has 34 heavy (non-hydrogen) atoms. The predicted molar refractivity (Wildman–Crippen MR) is 131 cm³/mol. The van der Waals surface area contributed by atoms with E-state index in [9.17, 15) is 14.4 Å². The summed E-state index contributed by atoms with van der Waals surface area (Å²) < 4.78 is 6.66. The third-order valence-corrected chi connectivity index (χ3v) is 5.52. The zero-order valence-electron chi connectivity index (χ0n) is 19.4. The highest BCUT2D eigenvalue weighted by atomic mass is 16.5. The molecule has 2 amide bonds. The summed E-state index contributed by atoms with van der Waals surface area (Å²) in [7, 11) is 0. The third-order valence-electron chi connectivity index (χ3n) is 5.52. The Labute approximate surface area is 197 Å². The SMILES string of the molecule is CC(C)Cn1nc(C(=O)Nc2ccc(NC(=O)CN3CCOCC3)cc2)c2ccccc2c1=O. The van der Waals surface area contributed by atoms with E-state index in [1.165, 1.54) is 4.68 Å². The van der Waals surface area contributed by atoms with Gasteiger partial charge < -0.3 is 15.4 Å². The Hall–Kier alpha value is -3.56. The standard InChI is InChI=1S/C25H29N5O4/c1-17(2)15-30-25(33)21-6-4-3-5-20(21)23(28-30)24(32)27-19-9-7-18(8-10-19)26-22(31)16-29-11-13-34-14-12-29/h3-10,17H,11-16H2,1-2H3,(H,26,31)(H,27,32). The molecule has 3 aromatic rings. The van der Waals surface area contributed by atoms with Crippen LogP contribution < -0.4 is 16.2 Å². The van der Waals surface area contributed by atoms with Gasteiger partial charge in [-0.3, -0.25) is 19.3 Å².